The number of carbonyl (C=O) groups excluding carboxylic acids is 2. The lowest BCUT2D eigenvalue weighted by Gasteiger charge is -2.19. The summed E-state index contributed by atoms with van der Waals surface area (Å²) in [4.78, 5) is 34.7. The van der Waals surface area contributed by atoms with Gasteiger partial charge in [0, 0.05) is 19.4 Å². The maximum atomic E-state index is 12.5. The third kappa shape index (κ3) is 35.3. The summed E-state index contributed by atoms with van der Waals surface area (Å²) in [7, 11) is -4.39. The van der Waals surface area contributed by atoms with E-state index in [1.807, 2.05) is 0 Å². The quantitative estimate of drug-likeness (QED) is 0.0290. The Morgan fingerprint density at radius 2 is 1.12 bits per heavy atom. The highest BCUT2D eigenvalue weighted by atomic mass is 31.2. The summed E-state index contributed by atoms with van der Waals surface area (Å²) in [5, 5.41) is 0. The van der Waals surface area contributed by atoms with Crippen LogP contribution in [0.5, 0.6) is 0 Å². The first-order valence-corrected chi connectivity index (χ1v) is 20.3. The van der Waals surface area contributed by atoms with Gasteiger partial charge in [0.05, 0.1) is 13.2 Å². The Morgan fingerprint density at radius 3 is 1.73 bits per heavy atom. The average molecular weight is 710 g/mol. The molecule has 282 valence electrons. The number of hydrogen-bond acceptors (Lipinski definition) is 8. The minimum Gasteiger partial charge on any atom is -0.462 e. The van der Waals surface area contributed by atoms with Crippen LogP contribution in [0.3, 0.4) is 0 Å². The fraction of sp³-hybridized carbons (Fsp3) is 0.692. The molecule has 0 aromatic heterocycles. The van der Waals surface area contributed by atoms with Gasteiger partial charge < -0.3 is 20.1 Å². The highest BCUT2D eigenvalue weighted by Gasteiger charge is 2.25. The second-order valence-electron chi connectivity index (χ2n) is 12.1. The van der Waals surface area contributed by atoms with Crippen LogP contribution in [0.25, 0.3) is 0 Å². The molecule has 2 unspecified atom stereocenters. The second kappa shape index (κ2) is 35.5. The van der Waals surface area contributed by atoms with Crippen molar-refractivity contribution in [3.05, 3.63) is 60.8 Å². The van der Waals surface area contributed by atoms with E-state index < -0.39 is 32.5 Å². The van der Waals surface area contributed by atoms with Gasteiger partial charge in [-0.1, -0.05) is 113 Å². The molecular weight excluding hydrogens is 641 g/mol. The lowest BCUT2D eigenvalue weighted by Crippen LogP contribution is -2.29. The Morgan fingerprint density at radius 1 is 0.633 bits per heavy atom. The summed E-state index contributed by atoms with van der Waals surface area (Å²) in [5.74, 6) is -0.895. The van der Waals surface area contributed by atoms with Gasteiger partial charge >= 0.3 is 19.8 Å². The number of hydrogen-bond donors (Lipinski definition) is 2. The summed E-state index contributed by atoms with van der Waals surface area (Å²) in [6.07, 6.45) is 39.7. The predicted molar refractivity (Wildman–Crippen MR) is 201 cm³/mol. The van der Waals surface area contributed by atoms with E-state index in [-0.39, 0.29) is 32.6 Å². The Bertz CT molecular complexity index is 992. The predicted octanol–water partition coefficient (Wildman–Crippen LogP) is 10.2. The van der Waals surface area contributed by atoms with E-state index in [0.717, 1.165) is 70.6 Å². The van der Waals surface area contributed by atoms with Crippen LogP contribution >= 0.6 is 7.82 Å². The molecule has 0 aromatic carbocycles. The summed E-state index contributed by atoms with van der Waals surface area (Å²) in [6.45, 7) is 3.51. The van der Waals surface area contributed by atoms with Crippen LogP contribution in [0.4, 0.5) is 0 Å². The van der Waals surface area contributed by atoms with Crippen molar-refractivity contribution in [3.8, 4) is 0 Å². The van der Waals surface area contributed by atoms with Crippen molar-refractivity contribution in [2.45, 2.75) is 148 Å². The van der Waals surface area contributed by atoms with Crippen LogP contribution in [0.15, 0.2) is 60.8 Å². The van der Waals surface area contributed by atoms with Gasteiger partial charge in [-0.25, -0.2) is 4.57 Å². The zero-order valence-electron chi connectivity index (χ0n) is 30.7. The van der Waals surface area contributed by atoms with Gasteiger partial charge in [-0.15, -0.1) is 0 Å². The molecule has 0 rings (SSSR count). The van der Waals surface area contributed by atoms with Crippen molar-refractivity contribution >= 4 is 19.8 Å². The molecule has 0 heterocycles. The first-order valence-electron chi connectivity index (χ1n) is 18.8. The van der Waals surface area contributed by atoms with Gasteiger partial charge in [0.1, 0.15) is 6.61 Å². The summed E-state index contributed by atoms with van der Waals surface area (Å²) >= 11 is 0. The number of ether oxygens (including phenoxy) is 2. The Labute approximate surface area is 298 Å². The highest BCUT2D eigenvalue weighted by molar-refractivity contribution is 7.47. The van der Waals surface area contributed by atoms with Crippen LogP contribution in [-0.4, -0.2) is 49.3 Å². The Kier molecular flexibility index (Phi) is 33.9. The van der Waals surface area contributed by atoms with Crippen LogP contribution in [0.2, 0.25) is 0 Å². The lowest BCUT2D eigenvalue weighted by molar-refractivity contribution is -0.161. The van der Waals surface area contributed by atoms with Crippen LogP contribution < -0.4 is 5.73 Å². The monoisotopic (exact) mass is 709 g/mol. The molecule has 0 fully saturated rings. The van der Waals surface area contributed by atoms with Crippen molar-refractivity contribution in [1.82, 2.24) is 0 Å². The molecule has 0 saturated heterocycles. The van der Waals surface area contributed by atoms with Crippen molar-refractivity contribution in [2.75, 3.05) is 26.4 Å². The van der Waals surface area contributed by atoms with Gasteiger partial charge in [0.2, 0.25) is 0 Å². The van der Waals surface area contributed by atoms with Crippen molar-refractivity contribution in [2.24, 2.45) is 5.73 Å². The fourth-order valence-corrected chi connectivity index (χ4v) is 5.38. The van der Waals surface area contributed by atoms with Crippen LogP contribution in [0.1, 0.15) is 142 Å². The van der Waals surface area contributed by atoms with Gasteiger partial charge in [-0.05, 0) is 77.0 Å². The minimum atomic E-state index is -4.39. The number of nitrogens with two attached hydrogens (primary N) is 1. The Balaban J connectivity index is 4.34. The van der Waals surface area contributed by atoms with Gasteiger partial charge in [0.25, 0.3) is 0 Å². The van der Waals surface area contributed by atoms with Gasteiger partial charge in [0.15, 0.2) is 6.10 Å². The van der Waals surface area contributed by atoms with E-state index in [2.05, 4.69) is 74.6 Å². The standard InChI is InChI=1S/C39H68NO8P/c1-3-5-7-9-11-13-15-17-18-20-22-24-26-28-30-32-39(42)48-37(36-47-49(43,44)46-34-33-40)35-45-38(41)31-29-27-25-23-21-19-16-14-12-10-8-6-4-2/h5,7,11,13-14,16-18,22,24,37H,3-4,6,8-10,12,15,19-21,23,25-36,40H2,1-2H3,(H,43,44)/b7-5-,13-11-,16-14-,18-17-,24-22-. The number of carbonyl (C=O) groups is 2. The molecule has 0 saturated carbocycles. The van der Waals surface area contributed by atoms with Gasteiger partial charge in [-0.2, -0.15) is 0 Å². The molecule has 0 aliphatic rings. The summed E-state index contributed by atoms with van der Waals surface area (Å²) in [5.41, 5.74) is 5.32. The molecular formula is C39H68NO8P. The van der Waals surface area contributed by atoms with E-state index in [1.54, 1.807) is 0 Å². The third-order valence-electron chi connectivity index (χ3n) is 7.39. The van der Waals surface area contributed by atoms with E-state index in [1.165, 1.54) is 32.1 Å². The molecule has 0 aliphatic carbocycles. The molecule has 10 heteroatoms. The number of allylic oxidation sites excluding steroid dienone is 10. The van der Waals surface area contributed by atoms with Crippen molar-refractivity contribution in [1.29, 1.82) is 0 Å². The average Bonchev–Trinajstić information content (AvgIpc) is 3.08. The molecule has 0 spiro atoms. The lowest BCUT2D eigenvalue weighted by atomic mass is 10.1. The van der Waals surface area contributed by atoms with Crippen LogP contribution in [0, 0.1) is 0 Å². The van der Waals surface area contributed by atoms with Crippen molar-refractivity contribution < 1.29 is 37.6 Å². The zero-order chi connectivity index (χ0) is 36.1. The zero-order valence-corrected chi connectivity index (χ0v) is 31.5. The molecule has 49 heavy (non-hydrogen) atoms. The largest absolute Gasteiger partial charge is 0.472 e. The first kappa shape index (κ1) is 46.7. The second-order valence-corrected chi connectivity index (χ2v) is 13.5. The normalized spacial score (nSPS) is 14.1. The fourth-order valence-electron chi connectivity index (χ4n) is 4.62. The smallest absolute Gasteiger partial charge is 0.462 e. The third-order valence-corrected chi connectivity index (χ3v) is 8.37. The molecule has 2 atom stereocenters. The molecule has 3 N–H and O–H groups in total. The van der Waals surface area contributed by atoms with Crippen molar-refractivity contribution in [3.63, 3.8) is 0 Å². The Hall–Kier alpha value is -2.29. The van der Waals surface area contributed by atoms with E-state index in [0.29, 0.717) is 12.8 Å². The number of phosphoric ester groups is 1. The topological polar surface area (TPSA) is 134 Å². The number of phosphoric acid groups is 1. The van der Waals surface area contributed by atoms with Crippen LogP contribution in [-0.2, 0) is 32.7 Å². The molecule has 0 aliphatic heterocycles. The van der Waals surface area contributed by atoms with E-state index >= 15 is 0 Å². The molecule has 0 amide bonds. The number of unbranched alkanes of at least 4 members (excludes halogenated alkanes) is 11. The SMILES string of the molecule is CC/C=C\C/C=C\C/C=C\C/C=C\CCCCC(=O)OC(COC(=O)CCCCCCC/C=C\CCCCCC)COP(=O)(O)OCCN. The maximum absolute atomic E-state index is 12.5. The number of esters is 2. The summed E-state index contributed by atoms with van der Waals surface area (Å²) in [6, 6.07) is 0. The molecule has 9 nitrogen and oxygen atoms in total. The van der Waals surface area contributed by atoms with E-state index in [4.69, 9.17) is 24.3 Å². The molecule has 0 radical (unpaired) electrons. The van der Waals surface area contributed by atoms with Gasteiger partial charge in [-0.3, -0.25) is 18.6 Å². The molecule has 0 aromatic rings. The highest BCUT2D eigenvalue weighted by Crippen LogP contribution is 2.43. The number of rotatable bonds is 34. The minimum absolute atomic E-state index is 0.0428. The summed E-state index contributed by atoms with van der Waals surface area (Å²) < 4.78 is 32.6. The first-order chi connectivity index (χ1) is 23.8. The molecule has 0 bridgehead atoms. The maximum Gasteiger partial charge on any atom is 0.472 e. The van der Waals surface area contributed by atoms with E-state index in [9.17, 15) is 19.0 Å².